The maximum atomic E-state index is 12.3. The van der Waals surface area contributed by atoms with E-state index < -0.39 is 42.5 Å². The van der Waals surface area contributed by atoms with E-state index in [0.29, 0.717) is 31.7 Å². The van der Waals surface area contributed by atoms with E-state index >= 15 is 0 Å². The molecule has 302 valence electrons. The minimum Gasteiger partial charge on any atom is -0.478 e. The van der Waals surface area contributed by atoms with Crippen molar-refractivity contribution in [2.75, 3.05) is 9.44 Å². The number of nitriles is 2. The number of nitrogens with zero attached hydrogens (tertiary/aromatic N) is 2. The first-order chi connectivity index (χ1) is 27.8. The SMILES string of the molecule is CC(C)S(=O)(=O)Nc1cc(Cl)sc1-c1ccc(-c2ccc(C(=O)O)cc2C#N)cc1.CC(C)S(=O)(=O)Nc1ccsc1-c1ccc(-c2ccc(C(=O)O)cc2C#N)cc1. The molecule has 4 N–H and O–H groups in total. The average molecular weight is 887 g/mol. The van der Waals surface area contributed by atoms with Crippen molar-refractivity contribution in [1.29, 1.82) is 10.5 Å². The molecule has 0 aliphatic rings. The first-order valence-electron chi connectivity index (χ1n) is 17.5. The van der Waals surface area contributed by atoms with Crippen molar-refractivity contribution in [3.63, 3.8) is 0 Å². The Morgan fingerprint density at radius 3 is 1.42 bits per heavy atom. The Balaban J connectivity index is 0.000000224. The molecule has 0 amide bonds. The van der Waals surface area contributed by atoms with Gasteiger partial charge in [0.05, 0.1) is 70.4 Å². The number of hydrogen-bond donors (Lipinski definition) is 4. The van der Waals surface area contributed by atoms with Gasteiger partial charge in [-0.15, -0.1) is 22.7 Å². The predicted molar refractivity (Wildman–Crippen MR) is 234 cm³/mol. The maximum Gasteiger partial charge on any atom is 0.335 e. The fourth-order valence-corrected chi connectivity index (χ4v) is 9.04. The maximum absolute atomic E-state index is 12.3. The fourth-order valence-electron chi connectivity index (χ4n) is 5.45. The summed E-state index contributed by atoms with van der Waals surface area (Å²) >= 11 is 8.81. The molecule has 0 bridgehead atoms. The second kappa shape index (κ2) is 18.3. The standard InChI is InChI=1S/C21H17ClN2O4S2.C21H18N2O4S2/c1-12(2)30(27,28)24-18-10-19(22)29-20(18)14-5-3-13(4-6-14)17-8-7-15(21(25)26)9-16(17)11-23;1-13(2)29(26,27)23-19-9-10-28-20(19)15-5-3-14(4-6-15)18-8-7-16(21(24)25)11-17(18)12-22/h3-10,12,24H,1-2H3,(H,25,26);3-11,13,23H,1-2H3,(H,24,25). The summed E-state index contributed by atoms with van der Waals surface area (Å²) in [5, 5.41) is 37.6. The average Bonchev–Trinajstić information content (AvgIpc) is 3.82. The first-order valence-corrected chi connectivity index (χ1v) is 22.7. The van der Waals surface area contributed by atoms with E-state index in [-0.39, 0.29) is 22.3 Å². The molecular weight excluding hydrogens is 852 g/mol. The largest absolute Gasteiger partial charge is 0.478 e. The van der Waals surface area contributed by atoms with Gasteiger partial charge in [-0.3, -0.25) is 9.44 Å². The summed E-state index contributed by atoms with van der Waals surface area (Å²) in [6.45, 7) is 6.41. The van der Waals surface area contributed by atoms with Crippen LogP contribution in [0.15, 0.2) is 102 Å². The third-order valence-corrected chi connectivity index (χ3v) is 14.6. The highest BCUT2D eigenvalue weighted by atomic mass is 35.5. The summed E-state index contributed by atoms with van der Waals surface area (Å²) in [6, 6.07) is 30.7. The Hall–Kier alpha value is -6.01. The molecule has 0 aliphatic heterocycles. The van der Waals surface area contributed by atoms with E-state index in [0.717, 1.165) is 27.1 Å². The highest BCUT2D eigenvalue weighted by molar-refractivity contribution is 7.93. The van der Waals surface area contributed by atoms with Crippen molar-refractivity contribution < 1.29 is 36.6 Å². The van der Waals surface area contributed by atoms with Gasteiger partial charge in [0.2, 0.25) is 20.0 Å². The van der Waals surface area contributed by atoms with Gasteiger partial charge in [-0.1, -0.05) is 72.3 Å². The molecule has 2 heterocycles. The van der Waals surface area contributed by atoms with Gasteiger partial charge < -0.3 is 10.2 Å². The lowest BCUT2D eigenvalue weighted by Crippen LogP contribution is -2.22. The van der Waals surface area contributed by atoms with Crippen LogP contribution in [-0.2, 0) is 20.0 Å². The molecule has 6 rings (SSSR count). The van der Waals surface area contributed by atoms with E-state index in [1.165, 1.54) is 46.9 Å². The minimum absolute atomic E-state index is 0.0437. The lowest BCUT2D eigenvalue weighted by atomic mass is 9.97. The molecule has 0 radical (unpaired) electrons. The molecule has 4 aromatic carbocycles. The van der Waals surface area contributed by atoms with Crippen LogP contribution >= 0.6 is 34.3 Å². The Bertz CT molecular complexity index is 2850. The van der Waals surface area contributed by atoms with Crippen molar-refractivity contribution in [1.82, 2.24) is 0 Å². The Morgan fingerprint density at radius 1 is 0.610 bits per heavy atom. The van der Waals surface area contributed by atoms with E-state index in [1.807, 2.05) is 41.8 Å². The molecule has 17 heteroatoms. The van der Waals surface area contributed by atoms with E-state index in [9.17, 15) is 36.9 Å². The summed E-state index contributed by atoms with van der Waals surface area (Å²) in [4.78, 5) is 23.7. The van der Waals surface area contributed by atoms with Crippen LogP contribution < -0.4 is 9.44 Å². The number of rotatable bonds is 12. The molecule has 0 saturated heterocycles. The highest BCUT2D eigenvalue weighted by Gasteiger charge is 2.21. The molecule has 2 aromatic heterocycles. The molecule has 0 saturated carbocycles. The van der Waals surface area contributed by atoms with Crippen LogP contribution in [0.1, 0.15) is 59.5 Å². The van der Waals surface area contributed by atoms with Gasteiger partial charge in [-0.25, -0.2) is 26.4 Å². The van der Waals surface area contributed by atoms with Crippen molar-refractivity contribution in [2.45, 2.75) is 38.2 Å². The van der Waals surface area contributed by atoms with Gasteiger partial charge >= 0.3 is 11.9 Å². The number of carboxylic acid groups (broad SMARTS) is 2. The number of carboxylic acids is 2. The lowest BCUT2D eigenvalue weighted by Gasteiger charge is -2.12. The van der Waals surface area contributed by atoms with Gasteiger partial charge in [-0.05, 0) is 103 Å². The van der Waals surface area contributed by atoms with Crippen molar-refractivity contribution in [2.24, 2.45) is 0 Å². The molecule has 12 nitrogen and oxygen atoms in total. The predicted octanol–water partition coefficient (Wildman–Crippen LogP) is 10.3. The topological polar surface area (TPSA) is 215 Å². The molecule has 0 spiro atoms. The molecule has 6 aromatic rings. The summed E-state index contributed by atoms with van der Waals surface area (Å²) in [6.07, 6.45) is 0. The third-order valence-electron chi connectivity index (χ3n) is 8.80. The van der Waals surface area contributed by atoms with Gasteiger partial charge in [0, 0.05) is 0 Å². The normalized spacial score (nSPS) is 11.3. The highest BCUT2D eigenvalue weighted by Crippen LogP contribution is 2.41. The number of hydrogen-bond acceptors (Lipinski definition) is 10. The number of nitrogens with one attached hydrogen (secondary N) is 2. The monoisotopic (exact) mass is 886 g/mol. The van der Waals surface area contributed by atoms with Crippen LogP contribution in [0, 0.1) is 22.7 Å². The molecule has 0 atom stereocenters. The van der Waals surface area contributed by atoms with Crippen LogP contribution in [0.3, 0.4) is 0 Å². The summed E-state index contributed by atoms with van der Waals surface area (Å²) < 4.78 is 54.6. The van der Waals surface area contributed by atoms with Crippen molar-refractivity contribution >= 4 is 77.6 Å². The zero-order chi connectivity index (χ0) is 43.2. The second-order valence-electron chi connectivity index (χ2n) is 13.4. The Morgan fingerprint density at radius 2 is 1.02 bits per heavy atom. The minimum atomic E-state index is -3.53. The summed E-state index contributed by atoms with van der Waals surface area (Å²) in [5.74, 6) is -2.18. The molecule has 0 aliphatic carbocycles. The van der Waals surface area contributed by atoms with Crippen molar-refractivity contribution in [3.05, 3.63) is 129 Å². The lowest BCUT2D eigenvalue weighted by molar-refractivity contribution is 0.0686. The fraction of sp³-hybridized carbons (Fsp3) is 0.143. The second-order valence-corrected chi connectivity index (χ2v) is 20.4. The number of carbonyl (C=O) groups is 2. The molecule has 0 fully saturated rings. The van der Waals surface area contributed by atoms with E-state index in [2.05, 4.69) is 9.44 Å². The number of anilines is 2. The smallest absolute Gasteiger partial charge is 0.335 e. The number of thiophene rings is 2. The van der Waals surface area contributed by atoms with Gasteiger partial charge in [0.25, 0.3) is 0 Å². The zero-order valence-corrected chi connectivity index (χ0v) is 35.7. The van der Waals surface area contributed by atoms with Crippen molar-refractivity contribution in [3.8, 4) is 55.3 Å². The van der Waals surface area contributed by atoms with Gasteiger partial charge in [0.1, 0.15) is 0 Å². The van der Waals surface area contributed by atoms with Crippen LogP contribution in [0.4, 0.5) is 11.4 Å². The number of benzene rings is 4. The number of sulfonamides is 2. The van der Waals surface area contributed by atoms with Gasteiger partial charge in [0.15, 0.2) is 0 Å². The molecule has 59 heavy (non-hydrogen) atoms. The summed E-state index contributed by atoms with van der Waals surface area (Å²) in [7, 11) is -6.98. The zero-order valence-electron chi connectivity index (χ0n) is 31.7. The number of aromatic carboxylic acids is 2. The quantitative estimate of drug-likeness (QED) is 0.0912. The molecular formula is C42H35ClN4O8S4. The Kier molecular flexibility index (Phi) is 13.7. The van der Waals surface area contributed by atoms with Crippen LogP contribution in [0.5, 0.6) is 0 Å². The Labute approximate surface area is 354 Å². The third kappa shape index (κ3) is 10.4. The van der Waals surface area contributed by atoms with E-state index in [1.54, 1.807) is 76.2 Å². The van der Waals surface area contributed by atoms with E-state index in [4.69, 9.17) is 21.8 Å². The number of halogens is 1. The van der Waals surface area contributed by atoms with Crippen LogP contribution in [0.2, 0.25) is 4.34 Å². The first kappa shape index (κ1) is 44.1. The summed E-state index contributed by atoms with van der Waals surface area (Å²) in [5.41, 5.74) is 5.92. The van der Waals surface area contributed by atoms with Gasteiger partial charge in [-0.2, -0.15) is 10.5 Å². The van der Waals surface area contributed by atoms with Crippen LogP contribution in [-0.4, -0.2) is 49.5 Å². The van der Waals surface area contributed by atoms with Crippen LogP contribution in [0.25, 0.3) is 43.1 Å². The molecule has 0 unspecified atom stereocenters.